The Morgan fingerprint density at radius 3 is 2.53 bits per heavy atom. The van der Waals surface area contributed by atoms with Crippen molar-refractivity contribution in [2.75, 3.05) is 0 Å². The van der Waals surface area contributed by atoms with Gasteiger partial charge in [0.15, 0.2) is 0 Å². The van der Waals surface area contributed by atoms with E-state index in [1.807, 2.05) is 18.2 Å². The molecule has 15 heavy (non-hydrogen) atoms. The van der Waals surface area contributed by atoms with Crippen molar-refractivity contribution in [3.8, 4) is 0 Å². The van der Waals surface area contributed by atoms with Crippen molar-refractivity contribution in [1.29, 1.82) is 0 Å². The first-order valence-electron chi connectivity index (χ1n) is 5.84. The third kappa shape index (κ3) is 5.41. The summed E-state index contributed by atoms with van der Waals surface area (Å²) in [5.41, 5.74) is 2.20. The molecule has 0 aromatic heterocycles. The second kappa shape index (κ2) is 7.28. The quantitative estimate of drug-likeness (QED) is 0.581. The lowest BCUT2D eigenvalue weighted by Crippen LogP contribution is -1.81. The number of benzene rings is 1. The average molecular weight is 200 g/mol. The lowest BCUT2D eigenvalue weighted by Gasteiger charge is -2.01. The van der Waals surface area contributed by atoms with Crippen LogP contribution in [0.5, 0.6) is 0 Å². The van der Waals surface area contributed by atoms with Crippen LogP contribution in [0, 0.1) is 6.92 Å². The van der Waals surface area contributed by atoms with Gasteiger partial charge in [0.05, 0.1) is 0 Å². The van der Waals surface area contributed by atoms with Crippen LogP contribution < -0.4 is 0 Å². The SMILES string of the molecule is [CH]/C(=C/c1ccccc1)CCCCCC. The standard InChI is InChI=1S/C15H20/c1-3-4-5-7-10-14(2)13-15-11-8-6-9-12-15/h2,6,8-9,11-13H,3-5,7,10H2,1H3/b14-13-. The molecule has 0 saturated carbocycles. The summed E-state index contributed by atoms with van der Waals surface area (Å²) in [5, 5.41) is 0. The van der Waals surface area contributed by atoms with E-state index in [4.69, 9.17) is 6.92 Å². The number of hydrogen-bond donors (Lipinski definition) is 0. The van der Waals surface area contributed by atoms with Crippen molar-refractivity contribution < 1.29 is 0 Å². The predicted molar refractivity (Wildman–Crippen MR) is 67.5 cm³/mol. The molecule has 0 aliphatic rings. The third-order valence-corrected chi connectivity index (χ3v) is 2.47. The van der Waals surface area contributed by atoms with Crippen LogP contribution in [0.25, 0.3) is 6.08 Å². The third-order valence-electron chi connectivity index (χ3n) is 2.47. The fourth-order valence-electron chi connectivity index (χ4n) is 1.59. The molecule has 0 nitrogen and oxygen atoms in total. The lowest BCUT2D eigenvalue weighted by molar-refractivity contribution is 0.669. The van der Waals surface area contributed by atoms with E-state index < -0.39 is 0 Å². The summed E-state index contributed by atoms with van der Waals surface area (Å²) in [6.45, 7) is 8.17. The molecule has 2 radical (unpaired) electrons. The molecule has 0 bridgehead atoms. The van der Waals surface area contributed by atoms with Gasteiger partial charge >= 0.3 is 0 Å². The Bertz CT molecular complexity index is 282. The summed E-state index contributed by atoms with van der Waals surface area (Å²) < 4.78 is 0. The molecule has 0 amide bonds. The molecule has 1 rings (SSSR count). The lowest BCUT2D eigenvalue weighted by atomic mass is 10.1. The van der Waals surface area contributed by atoms with Gasteiger partial charge in [0, 0.05) is 0 Å². The summed E-state index contributed by atoms with van der Waals surface area (Å²) in [6, 6.07) is 10.3. The van der Waals surface area contributed by atoms with Crippen LogP contribution in [-0.2, 0) is 0 Å². The monoisotopic (exact) mass is 200 g/mol. The van der Waals surface area contributed by atoms with Crippen molar-refractivity contribution in [3.63, 3.8) is 0 Å². The summed E-state index contributed by atoms with van der Waals surface area (Å²) in [7, 11) is 0. The number of rotatable bonds is 6. The molecule has 0 heterocycles. The molecule has 1 aromatic carbocycles. The number of hydrogen-bond acceptors (Lipinski definition) is 0. The van der Waals surface area contributed by atoms with E-state index in [-0.39, 0.29) is 0 Å². The molecule has 0 aliphatic heterocycles. The van der Waals surface area contributed by atoms with Gasteiger partial charge in [-0.1, -0.05) is 68.2 Å². The van der Waals surface area contributed by atoms with Gasteiger partial charge in [0.2, 0.25) is 0 Å². The van der Waals surface area contributed by atoms with Crippen LogP contribution >= 0.6 is 0 Å². The fraction of sp³-hybridized carbons (Fsp3) is 0.400. The van der Waals surface area contributed by atoms with Gasteiger partial charge in [-0.25, -0.2) is 0 Å². The van der Waals surface area contributed by atoms with Gasteiger partial charge in [-0.15, -0.1) is 0 Å². The largest absolute Gasteiger partial charge is 0.0654 e. The fourth-order valence-corrected chi connectivity index (χ4v) is 1.59. The molecule has 0 unspecified atom stereocenters. The second-order valence-corrected chi connectivity index (χ2v) is 3.94. The number of allylic oxidation sites excluding steroid dienone is 1. The van der Waals surface area contributed by atoms with E-state index in [9.17, 15) is 0 Å². The highest BCUT2D eigenvalue weighted by Gasteiger charge is 1.92. The Morgan fingerprint density at radius 2 is 1.87 bits per heavy atom. The van der Waals surface area contributed by atoms with Crippen molar-refractivity contribution in [2.24, 2.45) is 0 Å². The molecule has 80 valence electrons. The maximum absolute atomic E-state index is 5.95. The zero-order valence-corrected chi connectivity index (χ0v) is 9.58. The van der Waals surface area contributed by atoms with Crippen LogP contribution in [0.4, 0.5) is 0 Å². The Morgan fingerprint density at radius 1 is 1.13 bits per heavy atom. The molecular formula is C15H20. The van der Waals surface area contributed by atoms with Crippen molar-refractivity contribution in [1.82, 2.24) is 0 Å². The van der Waals surface area contributed by atoms with Crippen molar-refractivity contribution in [3.05, 3.63) is 48.4 Å². The molecule has 0 atom stereocenters. The van der Waals surface area contributed by atoms with E-state index in [1.54, 1.807) is 0 Å². The van der Waals surface area contributed by atoms with E-state index in [0.717, 1.165) is 12.0 Å². The maximum atomic E-state index is 5.95. The Labute approximate surface area is 94.0 Å². The molecule has 0 saturated heterocycles. The Hall–Kier alpha value is -1.04. The van der Waals surface area contributed by atoms with Crippen molar-refractivity contribution >= 4 is 6.08 Å². The minimum atomic E-state index is 0.998. The minimum absolute atomic E-state index is 0.998. The highest BCUT2D eigenvalue weighted by molar-refractivity contribution is 5.53. The maximum Gasteiger partial charge on any atom is -0.00564 e. The first-order chi connectivity index (χ1) is 7.33. The van der Waals surface area contributed by atoms with Crippen LogP contribution in [0.1, 0.15) is 44.6 Å². The van der Waals surface area contributed by atoms with Gasteiger partial charge in [0.1, 0.15) is 0 Å². The number of unbranched alkanes of at least 4 members (excludes halogenated alkanes) is 3. The molecular weight excluding hydrogens is 180 g/mol. The molecule has 0 spiro atoms. The van der Waals surface area contributed by atoms with Crippen molar-refractivity contribution in [2.45, 2.75) is 39.0 Å². The van der Waals surface area contributed by atoms with E-state index in [1.165, 1.54) is 31.2 Å². The average Bonchev–Trinajstić information content (AvgIpc) is 2.26. The minimum Gasteiger partial charge on any atom is -0.0654 e. The molecule has 0 N–H and O–H groups in total. The Kier molecular flexibility index (Phi) is 5.84. The van der Waals surface area contributed by atoms with Gasteiger partial charge in [0.25, 0.3) is 0 Å². The van der Waals surface area contributed by atoms with Gasteiger partial charge in [-0.2, -0.15) is 0 Å². The summed E-state index contributed by atoms with van der Waals surface area (Å²) in [4.78, 5) is 0. The topological polar surface area (TPSA) is 0 Å². The van der Waals surface area contributed by atoms with E-state index in [0.29, 0.717) is 0 Å². The Balaban J connectivity index is 2.33. The molecule has 0 aliphatic carbocycles. The van der Waals surface area contributed by atoms with Gasteiger partial charge in [-0.3, -0.25) is 0 Å². The molecule has 0 heteroatoms. The van der Waals surface area contributed by atoms with E-state index >= 15 is 0 Å². The van der Waals surface area contributed by atoms with Crippen LogP contribution in [0.15, 0.2) is 35.9 Å². The van der Waals surface area contributed by atoms with Crippen LogP contribution in [0.2, 0.25) is 0 Å². The summed E-state index contributed by atoms with van der Waals surface area (Å²) >= 11 is 0. The zero-order valence-electron chi connectivity index (χ0n) is 9.58. The summed E-state index contributed by atoms with van der Waals surface area (Å²) in [5.74, 6) is 0. The molecule has 1 aromatic rings. The first kappa shape index (κ1) is 12.0. The van der Waals surface area contributed by atoms with E-state index in [2.05, 4.69) is 25.1 Å². The van der Waals surface area contributed by atoms with Gasteiger partial charge in [-0.05, 0) is 25.3 Å². The predicted octanol–water partition coefficient (Wildman–Crippen LogP) is 4.75. The van der Waals surface area contributed by atoms with Gasteiger partial charge < -0.3 is 0 Å². The summed E-state index contributed by atoms with van der Waals surface area (Å²) in [6.07, 6.45) is 8.20. The van der Waals surface area contributed by atoms with Crippen LogP contribution in [-0.4, -0.2) is 0 Å². The highest BCUT2D eigenvalue weighted by atomic mass is 14.0. The highest BCUT2D eigenvalue weighted by Crippen LogP contribution is 2.13. The molecule has 0 fully saturated rings. The second-order valence-electron chi connectivity index (χ2n) is 3.94. The smallest absolute Gasteiger partial charge is 0.00564 e. The first-order valence-corrected chi connectivity index (χ1v) is 5.84. The normalized spacial score (nSPS) is 11.7. The van der Waals surface area contributed by atoms with Crippen LogP contribution in [0.3, 0.4) is 0 Å². The zero-order chi connectivity index (χ0) is 10.9.